The third-order valence-corrected chi connectivity index (χ3v) is 2.12. The molecule has 1 aromatic rings. The highest BCUT2D eigenvalue weighted by atomic mass is 19.3. The summed E-state index contributed by atoms with van der Waals surface area (Å²) < 4.78 is 34.9. The monoisotopic (exact) mass is 242 g/mol. The van der Waals surface area contributed by atoms with Crippen molar-refractivity contribution < 1.29 is 18.3 Å². The van der Waals surface area contributed by atoms with E-state index in [9.17, 15) is 8.78 Å². The van der Waals surface area contributed by atoms with Gasteiger partial charge in [-0.3, -0.25) is 0 Å². The fourth-order valence-electron chi connectivity index (χ4n) is 1.42. The lowest BCUT2D eigenvalue weighted by atomic mass is 10.1. The minimum absolute atomic E-state index is 0.432. The largest absolute Gasteiger partial charge is 0.349 e. The fourth-order valence-corrected chi connectivity index (χ4v) is 1.42. The molecular formula is C13H16F2O2. The van der Waals surface area contributed by atoms with Crippen LogP contribution in [0.4, 0.5) is 8.78 Å². The highest BCUT2D eigenvalue weighted by molar-refractivity contribution is 5.50. The van der Waals surface area contributed by atoms with Gasteiger partial charge in [-0.25, -0.2) is 0 Å². The molecule has 0 spiro atoms. The second-order valence-electron chi connectivity index (χ2n) is 3.34. The SMILES string of the molecule is CCOC(OCC)c1ccc(C=C(F)F)cc1. The summed E-state index contributed by atoms with van der Waals surface area (Å²) in [5, 5.41) is 0. The van der Waals surface area contributed by atoms with E-state index in [0.717, 1.165) is 11.6 Å². The maximum absolute atomic E-state index is 12.0. The van der Waals surface area contributed by atoms with Crippen LogP contribution in [-0.2, 0) is 9.47 Å². The quantitative estimate of drug-likeness (QED) is 0.702. The van der Waals surface area contributed by atoms with Gasteiger partial charge in [-0.05, 0) is 19.4 Å². The molecule has 1 aromatic carbocycles. The van der Waals surface area contributed by atoms with Gasteiger partial charge in [0.25, 0.3) is 6.08 Å². The van der Waals surface area contributed by atoms with Gasteiger partial charge in [-0.2, -0.15) is 8.78 Å². The smallest absolute Gasteiger partial charge is 0.270 e. The lowest BCUT2D eigenvalue weighted by Crippen LogP contribution is -2.08. The van der Waals surface area contributed by atoms with Crippen LogP contribution in [-0.4, -0.2) is 13.2 Å². The number of hydrogen-bond acceptors (Lipinski definition) is 2. The first-order valence-corrected chi connectivity index (χ1v) is 5.53. The van der Waals surface area contributed by atoms with E-state index in [1.807, 2.05) is 13.8 Å². The van der Waals surface area contributed by atoms with Gasteiger partial charge in [0.2, 0.25) is 0 Å². The molecule has 0 bridgehead atoms. The zero-order valence-electron chi connectivity index (χ0n) is 9.95. The molecule has 0 amide bonds. The summed E-state index contributed by atoms with van der Waals surface area (Å²) in [5.74, 6) is 0. The van der Waals surface area contributed by atoms with Gasteiger partial charge in [0.15, 0.2) is 6.29 Å². The van der Waals surface area contributed by atoms with Crippen molar-refractivity contribution in [2.24, 2.45) is 0 Å². The van der Waals surface area contributed by atoms with Crippen LogP contribution in [0, 0.1) is 0 Å². The normalized spacial score (nSPS) is 10.6. The van der Waals surface area contributed by atoms with E-state index in [2.05, 4.69) is 0 Å². The molecule has 1 rings (SSSR count). The molecule has 0 N–H and O–H groups in total. The predicted octanol–water partition coefficient (Wildman–Crippen LogP) is 4.00. The van der Waals surface area contributed by atoms with E-state index in [4.69, 9.17) is 9.47 Å². The molecule has 0 aliphatic heterocycles. The summed E-state index contributed by atoms with van der Waals surface area (Å²) in [7, 11) is 0. The Balaban J connectivity index is 2.80. The Morgan fingerprint density at radius 2 is 1.65 bits per heavy atom. The van der Waals surface area contributed by atoms with E-state index in [-0.39, 0.29) is 0 Å². The summed E-state index contributed by atoms with van der Waals surface area (Å²) in [6.45, 7) is 4.82. The second kappa shape index (κ2) is 7.14. The van der Waals surface area contributed by atoms with Gasteiger partial charge in [-0.15, -0.1) is 0 Å². The Morgan fingerprint density at radius 1 is 1.12 bits per heavy atom. The Hall–Kier alpha value is -1.26. The lowest BCUT2D eigenvalue weighted by Gasteiger charge is -2.17. The van der Waals surface area contributed by atoms with Crippen LogP contribution in [0.2, 0.25) is 0 Å². The molecule has 94 valence electrons. The van der Waals surface area contributed by atoms with Gasteiger partial charge >= 0.3 is 0 Å². The Morgan fingerprint density at radius 3 is 2.06 bits per heavy atom. The van der Waals surface area contributed by atoms with Crippen LogP contribution in [0.15, 0.2) is 30.3 Å². The summed E-state index contributed by atoms with van der Waals surface area (Å²) in [4.78, 5) is 0. The van der Waals surface area contributed by atoms with Crippen LogP contribution in [0.3, 0.4) is 0 Å². The van der Waals surface area contributed by atoms with Crippen LogP contribution in [0.25, 0.3) is 6.08 Å². The van der Waals surface area contributed by atoms with Gasteiger partial charge < -0.3 is 9.47 Å². The number of ether oxygens (including phenoxy) is 2. The lowest BCUT2D eigenvalue weighted by molar-refractivity contribution is -0.140. The summed E-state index contributed by atoms with van der Waals surface area (Å²) in [6.07, 6.45) is -1.32. The van der Waals surface area contributed by atoms with Crippen LogP contribution in [0.1, 0.15) is 31.3 Å². The van der Waals surface area contributed by atoms with Crippen molar-refractivity contribution >= 4 is 6.08 Å². The fraction of sp³-hybridized carbons (Fsp3) is 0.385. The molecule has 0 heterocycles. The van der Waals surface area contributed by atoms with E-state index in [1.54, 1.807) is 24.3 Å². The summed E-state index contributed by atoms with van der Waals surface area (Å²) >= 11 is 0. The minimum Gasteiger partial charge on any atom is -0.349 e. The molecule has 2 nitrogen and oxygen atoms in total. The zero-order valence-corrected chi connectivity index (χ0v) is 9.95. The van der Waals surface area contributed by atoms with E-state index >= 15 is 0 Å². The van der Waals surface area contributed by atoms with Crippen molar-refractivity contribution in [3.63, 3.8) is 0 Å². The second-order valence-corrected chi connectivity index (χ2v) is 3.34. The van der Waals surface area contributed by atoms with Crippen molar-refractivity contribution in [3.05, 3.63) is 41.5 Å². The highest BCUT2D eigenvalue weighted by Crippen LogP contribution is 2.20. The number of hydrogen-bond donors (Lipinski definition) is 0. The van der Waals surface area contributed by atoms with Crippen LogP contribution >= 0.6 is 0 Å². The van der Waals surface area contributed by atoms with Gasteiger partial charge in [-0.1, -0.05) is 24.3 Å². The molecule has 0 aliphatic rings. The number of benzene rings is 1. The molecule has 0 saturated carbocycles. The molecule has 17 heavy (non-hydrogen) atoms. The topological polar surface area (TPSA) is 18.5 Å². The first-order chi connectivity index (χ1) is 8.17. The third kappa shape index (κ3) is 4.63. The Bertz CT molecular complexity index is 350. The van der Waals surface area contributed by atoms with Crippen LogP contribution < -0.4 is 0 Å². The van der Waals surface area contributed by atoms with Crippen molar-refractivity contribution in [2.75, 3.05) is 13.2 Å². The maximum atomic E-state index is 12.0. The maximum Gasteiger partial charge on any atom is 0.270 e. The van der Waals surface area contributed by atoms with Crippen molar-refractivity contribution in [2.45, 2.75) is 20.1 Å². The van der Waals surface area contributed by atoms with Crippen molar-refractivity contribution in [1.82, 2.24) is 0 Å². The van der Waals surface area contributed by atoms with Crippen molar-refractivity contribution in [1.29, 1.82) is 0 Å². The van der Waals surface area contributed by atoms with Gasteiger partial charge in [0, 0.05) is 24.9 Å². The van der Waals surface area contributed by atoms with E-state index < -0.39 is 12.4 Å². The highest BCUT2D eigenvalue weighted by Gasteiger charge is 2.10. The first-order valence-electron chi connectivity index (χ1n) is 5.53. The number of halogens is 2. The molecule has 0 unspecified atom stereocenters. The average Bonchev–Trinajstić information content (AvgIpc) is 2.29. The molecule has 0 saturated heterocycles. The standard InChI is InChI=1S/C13H16F2O2/c1-3-16-13(17-4-2)11-7-5-10(6-8-11)9-12(14)15/h5-9,13H,3-4H2,1-2H3. The molecule has 0 radical (unpaired) electrons. The first kappa shape index (κ1) is 13.8. The summed E-state index contributed by atoms with van der Waals surface area (Å²) in [5.41, 5.74) is 1.28. The zero-order chi connectivity index (χ0) is 12.7. The minimum atomic E-state index is -1.70. The molecule has 0 aromatic heterocycles. The molecule has 0 atom stereocenters. The predicted molar refractivity (Wildman–Crippen MR) is 62.6 cm³/mol. The van der Waals surface area contributed by atoms with Gasteiger partial charge in [0.1, 0.15) is 0 Å². The molecule has 0 aliphatic carbocycles. The van der Waals surface area contributed by atoms with Gasteiger partial charge in [0.05, 0.1) is 0 Å². The van der Waals surface area contributed by atoms with E-state index in [0.29, 0.717) is 18.8 Å². The Kier molecular flexibility index (Phi) is 5.80. The molecule has 4 heteroatoms. The number of rotatable bonds is 6. The average molecular weight is 242 g/mol. The summed E-state index contributed by atoms with van der Waals surface area (Å²) in [6, 6.07) is 6.68. The molecule has 0 fully saturated rings. The third-order valence-electron chi connectivity index (χ3n) is 2.12. The van der Waals surface area contributed by atoms with Crippen LogP contribution in [0.5, 0.6) is 0 Å². The van der Waals surface area contributed by atoms with Crippen molar-refractivity contribution in [3.8, 4) is 0 Å². The van der Waals surface area contributed by atoms with E-state index in [1.165, 1.54) is 0 Å². The molecular weight excluding hydrogens is 226 g/mol. The Labute approximate surface area is 99.9 Å².